The second-order valence-electron chi connectivity index (χ2n) is 4.07. The van der Waals surface area contributed by atoms with Gasteiger partial charge in [0, 0.05) is 11.4 Å². The number of nitrogens with one attached hydrogen (secondary N) is 2. The summed E-state index contributed by atoms with van der Waals surface area (Å²) in [6, 6.07) is 12.9. The molecular weight excluding hydrogens is 271 g/mol. The Balaban J connectivity index is 2.08. The van der Waals surface area contributed by atoms with Crippen LogP contribution in [-0.4, -0.2) is 6.03 Å². The summed E-state index contributed by atoms with van der Waals surface area (Å²) >= 11 is 0. The number of urea groups is 1. The molecule has 0 spiro atoms. The van der Waals surface area contributed by atoms with E-state index in [9.17, 15) is 9.18 Å². The van der Waals surface area contributed by atoms with Crippen molar-refractivity contribution in [1.29, 1.82) is 10.5 Å². The number of anilines is 2. The van der Waals surface area contributed by atoms with Crippen molar-refractivity contribution in [2.75, 3.05) is 10.6 Å². The van der Waals surface area contributed by atoms with Crippen LogP contribution in [0.4, 0.5) is 20.6 Å². The van der Waals surface area contributed by atoms with Crippen LogP contribution in [0.2, 0.25) is 0 Å². The number of nitriles is 2. The number of rotatable bonds is 2. The fourth-order valence-corrected chi connectivity index (χ4v) is 1.64. The minimum absolute atomic E-state index is 0.178. The van der Waals surface area contributed by atoms with Crippen LogP contribution in [0, 0.1) is 28.5 Å². The SMILES string of the molecule is N#Cc1ccc(NC(=O)Nc2ccc(F)cc2)cc1C#N. The van der Waals surface area contributed by atoms with Gasteiger partial charge in [0.05, 0.1) is 11.1 Å². The molecule has 0 aromatic heterocycles. The van der Waals surface area contributed by atoms with Gasteiger partial charge in [-0.25, -0.2) is 9.18 Å². The average Bonchev–Trinajstić information content (AvgIpc) is 2.49. The highest BCUT2D eigenvalue weighted by Crippen LogP contribution is 2.15. The van der Waals surface area contributed by atoms with Gasteiger partial charge < -0.3 is 10.6 Å². The van der Waals surface area contributed by atoms with Crippen LogP contribution in [0.15, 0.2) is 42.5 Å². The van der Waals surface area contributed by atoms with Gasteiger partial charge in [-0.1, -0.05) is 0 Å². The molecular formula is C15H9FN4O. The van der Waals surface area contributed by atoms with Gasteiger partial charge in [0.1, 0.15) is 18.0 Å². The van der Waals surface area contributed by atoms with E-state index in [1.54, 1.807) is 0 Å². The number of benzene rings is 2. The van der Waals surface area contributed by atoms with E-state index < -0.39 is 11.8 Å². The Kier molecular flexibility index (Phi) is 4.13. The van der Waals surface area contributed by atoms with Gasteiger partial charge in [-0.15, -0.1) is 0 Å². The molecule has 0 bridgehead atoms. The summed E-state index contributed by atoms with van der Waals surface area (Å²) in [6.45, 7) is 0. The summed E-state index contributed by atoms with van der Waals surface area (Å²) < 4.78 is 12.7. The van der Waals surface area contributed by atoms with Crippen molar-refractivity contribution < 1.29 is 9.18 Å². The fraction of sp³-hybridized carbons (Fsp3) is 0. The molecule has 2 rings (SSSR count). The molecule has 2 aromatic rings. The molecule has 0 saturated heterocycles. The summed E-state index contributed by atoms with van der Waals surface area (Å²) in [7, 11) is 0. The summed E-state index contributed by atoms with van der Waals surface area (Å²) in [5.41, 5.74) is 1.23. The molecule has 102 valence electrons. The van der Waals surface area contributed by atoms with Gasteiger partial charge in [-0.2, -0.15) is 10.5 Å². The zero-order chi connectivity index (χ0) is 15.2. The third-order valence-electron chi connectivity index (χ3n) is 2.62. The standard InChI is InChI=1S/C15H9FN4O/c16-12-2-5-13(6-3-12)19-15(21)20-14-4-1-10(8-17)11(7-14)9-18/h1-7H,(H2,19,20,21). The smallest absolute Gasteiger partial charge is 0.308 e. The molecule has 0 aliphatic heterocycles. The lowest BCUT2D eigenvalue weighted by Gasteiger charge is -2.08. The topological polar surface area (TPSA) is 88.7 Å². The molecule has 0 atom stereocenters. The van der Waals surface area contributed by atoms with Crippen molar-refractivity contribution in [3.8, 4) is 12.1 Å². The van der Waals surface area contributed by atoms with E-state index in [1.165, 1.54) is 42.5 Å². The number of nitrogens with zero attached hydrogens (tertiary/aromatic N) is 2. The normalized spacial score (nSPS) is 9.29. The number of hydrogen-bond acceptors (Lipinski definition) is 3. The first-order valence-corrected chi connectivity index (χ1v) is 5.90. The molecule has 2 amide bonds. The Hall–Kier alpha value is -3.38. The Labute approximate surface area is 120 Å². The minimum atomic E-state index is -0.532. The molecule has 0 aliphatic rings. The van der Waals surface area contributed by atoms with Gasteiger partial charge in [-0.05, 0) is 42.5 Å². The Morgan fingerprint density at radius 3 is 2.10 bits per heavy atom. The minimum Gasteiger partial charge on any atom is -0.308 e. The number of halogens is 1. The van der Waals surface area contributed by atoms with E-state index >= 15 is 0 Å². The first-order chi connectivity index (χ1) is 10.1. The molecule has 0 aliphatic carbocycles. The molecule has 0 heterocycles. The Morgan fingerprint density at radius 2 is 1.48 bits per heavy atom. The van der Waals surface area contributed by atoms with E-state index in [-0.39, 0.29) is 11.1 Å². The first-order valence-electron chi connectivity index (χ1n) is 5.90. The molecule has 2 aromatic carbocycles. The zero-order valence-electron chi connectivity index (χ0n) is 10.7. The van der Waals surface area contributed by atoms with Gasteiger partial charge in [0.25, 0.3) is 0 Å². The molecule has 0 radical (unpaired) electrons. The average molecular weight is 280 g/mol. The third-order valence-corrected chi connectivity index (χ3v) is 2.62. The molecule has 2 N–H and O–H groups in total. The maximum absolute atomic E-state index is 12.7. The molecule has 5 nitrogen and oxygen atoms in total. The number of carbonyl (C=O) groups is 1. The lowest BCUT2D eigenvalue weighted by atomic mass is 10.1. The van der Waals surface area contributed by atoms with Gasteiger partial charge in [0.2, 0.25) is 0 Å². The second kappa shape index (κ2) is 6.18. The van der Waals surface area contributed by atoms with Crippen molar-refractivity contribution in [3.63, 3.8) is 0 Å². The Morgan fingerprint density at radius 1 is 0.905 bits per heavy atom. The highest BCUT2D eigenvalue weighted by molar-refractivity contribution is 5.99. The molecule has 0 saturated carbocycles. The summed E-state index contributed by atoms with van der Waals surface area (Å²) in [6.07, 6.45) is 0. The van der Waals surface area contributed by atoms with Crippen molar-refractivity contribution in [1.82, 2.24) is 0 Å². The van der Waals surface area contributed by atoms with E-state index in [0.29, 0.717) is 11.4 Å². The largest absolute Gasteiger partial charge is 0.323 e. The molecule has 0 fully saturated rings. The van der Waals surface area contributed by atoms with Crippen LogP contribution in [-0.2, 0) is 0 Å². The molecule has 0 unspecified atom stereocenters. The predicted octanol–water partition coefficient (Wildman–Crippen LogP) is 3.21. The van der Waals surface area contributed by atoms with Crippen molar-refractivity contribution in [2.24, 2.45) is 0 Å². The maximum Gasteiger partial charge on any atom is 0.323 e. The van der Waals surface area contributed by atoms with E-state index in [0.717, 1.165) is 0 Å². The Bertz CT molecular complexity index is 757. The predicted molar refractivity (Wildman–Crippen MR) is 74.9 cm³/mol. The van der Waals surface area contributed by atoms with Gasteiger partial charge in [-0.3, -0.25) is 0 Å². The maximum atomic E-state index is 12.7. The van der Waals surface area contributed by atoms with Crippen molar-refractivity contribution in [3.05, 3.63) is 59.4 Å². The van der Waals surface area contributed by atoms with Crippen LogP contribution in [0.5, 0.6) is 0 Å². The van der Waals surface area contributed by atoms with Crippen molar-refractivity contribution >= 4 is 17.4 Å². The van der Waals surface area contributed by atoms with E-state index in [2.05, 4.69) is 10.6 Å². The first kappa shape index (κ1) is 14.0. The van der Waals surface area contributed by atoms with Crippen molar-refractivity contribution in [2.45, 2.75) is 0 Å². The summed E-state index contributed by atoms with van der Waals surface area (Å²) in [5.74, 6) is -0.397. The zero-order valence-corrected chi connectivity index (χ0v) is 10.7. The van der Waals surface area contributed by atoms with Crippen LogP contribution in [0.1, 0.15) is 11.1 Å². The van der Waals surface area contributed by atoms with Crippen LogP contribution in [0.25, 0.3) is 0 Å². The lowest BCUT2D eigenvalue weighted by molar-refractivity contribution is 0.262. The highest BCUT2D eigenvalue weighted by Gasteiger charge is 2.06. The monoisotopic (exact) mass is 280 g/mol. The third kappa shape index (κ3) is 3.55. The van der Waals surface area contributed by atoms with E-state index in [1.807, 2.05) is 12.1 Å². The number of carbonyl (C=O) groups excluding carboxylic acids is 1. The van der Waals surface area contributed by atoms with Gasteiger partial charge in [0.15, 0.2) is 0 Å². The van der Waals surface area contributed by atoms with Crippen LogP contribution < -0.4 is 10.6 Å². The lowest BCUT2D eigenvalue weighted by Crippen LogP contribution is -2.19. The number of hydrogen-bond donors (Lipinski definition) is 2. The fourth-order valence-electron chi connectivity index (χ4n) is 1.64. The van der Waals surface area contributed by atoms with Crippen LogP contribution in [0.3, 0.4) is 0 Å². The van der Waals surface area contributed by atoms with Crippen LogP contribution >= 0.6 is 0 Å². The van der Waals surface area contributed by atoms with Gasteiger partial charge >= 0.3 is 6.03 Å². The second-order valence-corrected chi connectivity index (χ2v) is 4.07. The molecule has 6 heteroatoms. The summed E-state index contributed by atoms with van der Waals surface area (Å²) in [4.78, 5) is 11.8. The van der Waals surface area contributed by atoms with E-state index in [4.69, 9.17) is 10.5 Å². The molecule has 21 heavy (non-hydrogen) atoms. The number of amides is 2. The summed E-state index contributed by atoms with van der Waals surface area (Å²) in [5, 5.41) is 22.8. The highest BCUT2D eigenvalue weighted by atomic mass is 19.1. The quantitative estimate of drug-likeness (QED) is 0.885.